The molecule has 3 aromatic carbocycles. The van der Waals surface area contributed by atoms with Gasteiger partial charge in [0.15, 0.2) is 0 Å². The molecule has 0 aliphatic rings. The predicted molar refractivity (Wildman–Crippen MR) is 97.5 cm³/mol. The van der Waals surface area contributed by atoms with Gasteiger partial charge in [-0.1, -0.05) is 63.9 Å². The van der Waals surface area contributed by atoms with Crippen molar-refractivity contribution in [3.8, 4) is 11.1 Å². The Morgan fingerprint density at radius 1 is 0.810 bits per heavy atom. The highest BCUT2D eigenvalue weighted by Crippen LogP contribution is 2.42. The van der Waals surface area contributed by atoms with Crippen LogP contribution in [0.4, 0.5) is 0 Å². The third-order valence-electron chi connectivity index (χ3n) is 3.62. The summed E-state index contributed by atoms with van der Waals surface area (Å²) < 4.78 is 3.69. The van der Waals surface area contributed by atoms with Gasteiger partial charge in [-0.25, -0.2) is 0 Å². The third-order valence-corrected chi connectivity index (χ3v) is 5.77. The molecule has 4 aromatic rings. The number of halogens is 2. The van der Waals surface area contributed by atoms with Gasteiger partial charge in [-0.3, -0.25) is 0 Å². The van der Waals surface area contributed by atoms with Gasteiger partial charge in [0.05, 0.1) is 0 Å². The fourth-order valence-electron chi connectivity index (χ4n) is 2.66. The van der Waals surface area contributed by atoms with E-state index in [9.17, 15) is 0 Å². The van der Waals surface area contributed by atoms with Gasteiger partial charge in [-0.15, -0.1) is 11.3 Å². The fourth-order valence-corrected chi connectivity index (χ4v) is 4.53. The van der Waals surface area contributed by atoms with E-state index in [4.69, 9.17) is 11.6 Å². The minimum atomic E-state index is 0.756. The van der Waals surface area contributed by atoms with Crippen LogP contribution in [0.1, 0.15) is 0 Å². The van der Waals surface area contributed by atoms with Crippen molar-refractivity contribution < 1.29 is 0 Å². The summed E-state index contributed by atoms with van der Waals surface area (Å²) in [7, 11) is 0. The van der Waals surface area contributed by atoms with E-state index in [1.54, 1.807) is 0 Å². The molecule has 0 saturated carbocycles. The van der Waals surface area contributed by atoms with Gasteiger partial charge >= 0.3 is 0 Å². The molecule has 0 aliphatic carbocycles. The van der Waals surface area contributed by atoms with Crippen LogP contribution in [0, 0.1) is 0 Å². The maximum absolute atomic E-state index is 6.18. The standard InChI is InChI=1S/C18H10BrClS/c19-16-9-8-11(20)10-15(16)14-6-3-5-13-12-4-1-2-7-17(12)21-18(13)14/h1-10H. The van der Waals surface area contributed by atoms with Crippen molar-refractivity contribution in [3.05, 3.63) is 70.2 Å². The molecule has 3 heteroatoms. The third kappa shape index (κ3) is 2.18. The molecule has 21 heavy (non-hydrogen) atoms. The summed E-state index contributed by atoms with van der Waals surface area (Å²) in [5, 5.41) is 3.38. The van der Waals surface area contributed by atoms with Crippen molar-refractivity contribution in [2.75, 3.05) is 0 Å². The van der Waals surface area contributed by atoms with Crippen LogP contribution in [0.15, 0.2) is 65.1 Å². The molecule has 0 saturated heterocycles. The van der Waals surface area contributed by atoms with Gasteiger partial charge in [-0.05, 0) is 29.8 Å². The van der Waals surface area contributed by atoms with Crippen molar-refractivity contribution in [1.82, 2.24) is 0 Å². The Hall–Kier alpha value is -1.35. The first-order chi connectivity index (χ1) is 10.2. The van der Waals surface area contributed by atoms with E-state index < -0.39 is 0 Å². The molecule has 0 amide bonds. The Morgan fingerprint density at radius 2 is 1.62 bits per heavy atom. The van der Waals surface area contributed by atoms with Gasteiger partial charge in [0, 0.05) is 35.2 Å². The van der Waals surface area contributed by atoms with Crippen LogP contribution < -0.4 is 0 Å². The molecular weight excluding hydrogens is 364 g/mol. The molecule has 1 aromatic heterocycles. The summed E-state index contributed by atoms with van der Waals surface area (Å²) in [6.45, 7) is 0. The molecule has 1 heterocycles. The molecule has 0 spiro atoms. The summed E-state index contributed by atoms with van der Waals surface area (Å²) in [5.74, 6) is 0. The van der Waals surface area contributed by atoms with E-state index in [0.717, 1.165) is 15.1 Å². The number of hydrogen-bond donors (Lipinski definition) is 0. The first kappa shape index (κ1) is 13.3. The van der Waals surface area contributed by atoms with Crippen LogP contribution in [-0.4, -0.2) is 0 Å². The molecule has 0 radical (unpaired) electrons. The topological polar surface area (TPSA) is 0 Å². The van der Waals surface area contributed by atoms with E-state index in [-0.39, 0.29) is 0 Å². The molecule has 0 nitrogen and oxygen atoms in total. The number of benzene rings is 3. The summed E-state index contributed by atoms with van der Waals surface area (Å²) in [4.78, 5) is 0. The first-order valence-corrected chi connectivity index (χ1v) is 8.58. The summed E-state index contributed by atoms with van der Waals surface area (Å²) in [5.41, 5.74) is 2.36. The lowest BCUT2D eigenvalue weighted by molar-refractivity contribution is 1.62. The predicted octanol–water partition coefficient (Wildman–Crippen LogP) is 7.14. The fraction of sp³-hybridized carbons (Fsp3) is 0. The number of hydrogen-bond acceptors (Lipinski definition) is 1. The van der Waals surface area contributed by atoms with Crippen LogP contribution in [-0.2, 0) is 0 Å². The highest BCUT2D eigenvalue weighted by atomic mass is 79.9. The highest BCUT2D eigenvalue weighted by molar-refractivity contribution is 9.10. The van der Waals surface area contributed by atoms with Crippen molar-refractivity contribution in [2.24, 2.45) is 0 Å². The van der Waals surface area contributed by atoms with Gasteiger partial charge in [0.1, 0.15) is 0 Å². The lowest BCUT2D eigenvalue weighted by atomic mass is 10.0. The second-order valence-electron chi connectivity index (χ2n) is 4.90. The smallest absolute Gasteiger partial charge is 0.0434 e. The molecule has 0 bridgehead atoms. The molecule has 0 unspecified atom stereocenters. The van der Waals surface area contributed by atoms with Gasteiger partial charge < -0.3 is 0 Å². The van der Waals surface area contributed by atoms with E-state index in [2.05, 4.69) is 58.4 Å². The van der Waals surface area contributed by atoms with E-state index in [1.807, 2.05) is 29.5 Å². The van der Waals surface area contributed by atoms with Crippen LogP contribution in [0.3, 0.4) is 0 Å². The van der Waals surface area contributed by atoms with Gasteiger partial charge in [0.25, 0.3) is 0 Å². The van der Waals surface area contributed by atoms with E-state index in [1.165, 1.54) is 25.7 Å². The molecular formula is C18H10BrClS. The molecule has 4 rings (SSSR count). The van der Waals surface area contributed by atoms with Gasteiger partial charge in [0.2, 0.25) is 0 Å². The number of thiophene rings is 1. The first-order valence-electron chi connectivity index (χ1n) is 6.60. The van der Waals surface area contributed by atoms with Crippen LogP contribution in [0.25, 0.3) is 31.3 Å². The number of fused-ring (bicyclic) bond motifs is 3. The van der Waals surface area contributed by atoms with E-state index in [0.29, 0.717) is 0 Å². The zero-order chi connectivity index (χ0) is 14.4. The minimum absolute atomic E-state index is 0.756. The Morgan fingerprint density at radius 3 is 2.52 bits per heavy atom. The maximum atomic E-state index is 6.18. The molecule has 0 fully saturated rings. The Kier molecular flexibility index (Phi) is 3.26. The lowest BCUT2D eigenvalue weighted by Gasteiger charge is -2.07. The maximum Gasteiger partial charge on any atom is 0.0434 e. The van der Waals surface area contributed by atoms with Crippen molar-refractivity contribution in [2.45, 2.75) is 0 Å². The average Bonchev–Trinajstić information content (AvgIpc) is 2.88. The zero-order valence-electron chi connectivity index (χ0n) is 10.9. The Bertz CT molecular complexity index is 971. The van der Waals surface area contributed by atoms with Crippen molar-refractivity contribution in [3.63, 3.8) is 0 Å². The van der Waals surface area contributed by atoms with Gasteiger partial charge in [-0.2, -0.15) is 0 Å². The molecule has 0 aliphatic heterocycles. The molecule has 0 N–H and O–H groups in total. The molecule has 0 atom stereocenters. The second-order valence-corrected chi connectivity index (χ2v) is 7.25. The highest BCUT2D eigenvalue weighted by Gasteiger charge is 2.12. The molecule has 102 valence electrons. The lowest BCUT2D eigenvalue weighted by Crippen LogP contribution is -1.80. The normalized spacial score (nSPS) is 11.3. The zero-order valence-corrected chi connectivity index (χ0v) is 14.1. The second kappa shape index (κ2) is 5.13. The number of rotatable bonds is 1. The Labute approximate surface area is 140 Å². The van der Waals surface area contributed by atoms with Crippen LogP contribution in [0.2, 0.25) is 5.02 Å². The van der Waals surface area contributed by atoms with Crippen LogP contribution >= 0.6 is 38.9 Å². The quantitative estimate of drug-likeness (QED) is 0.332. The average molecular weight is 374 g/mol. The van der Waals surface area contributed by atoms with Crippen molar-refractivity contribution in [1.29, 1.82) is 0 Å². The van der Waals surface area contributed by atoms with Crippen LogP contribution in [0.5, 0.6) is 0 Å². The minimum Gasteiger partial charge on any atom is -0.135 e. The Balaban J connectivity index is 2.12. The summed E-state index contributed by atoms with van der Waals surface area (Å²) in [6, 6.07) is 20.9. The summed E-state index contributed by atoms with van der Waals surface area (Å²) >= 11 is 11.7. The monoisotopic (exact) mass is 372 g/mol. The van der Waals surface area contributed by atoms with Crippen molar-refractivity contribution >= 4 is 59.0 Å². The largest absolute Gasteiger partial charge is 0.135 e. The SMILES string of the molecule is Clc1ccc(Br)c(-c2cccc3c2sc2ccccc23)c1. The summed E-state index contributed by atoms with van der Waals surface area (Å²) in [6.07, 6.45) is 0. The van der Waals surface area contributed by atoms with E-state index >= 15 is 0 Å².